The zero-order valence-corrected chi connectivity index (χ0v) is 13.3. The van der Waals surface area contributed by atoms with Crippen LogP contribution in [0.3, 0.4) is 0 Å². The summed E-state index contributed by atoms with van der Waals surface area (Å²) in [6, 6.07) is 8.78. The minimum absolute atomic E-state index is 0.152. The molecule has 0 saturated heterocycles. The Balaban J connectivity index is 1.94. The minimum Gasteiger partial charge on any atom is -0.380 e. The minimum atomic E-state index is -0.367. The van der Waals surface area contributed by atoms with Crippen molar-refractivity contribution in [3.05, 3.63) is 41.7 Å². The molecule has 1 aromatic heterocycles. The van der Waals surface area contributed by atoms with Crippen molar-refractivity contribution in [3.8, 4) is 0 Å². The van der Waals surface area contributed by atoms with Crippen LogP contribution in [0.2, 0.25) is 0 Å². The highest BCUT2D eigenvalue weighted by atomic mass is 16.5. The molecule has 0 saturated carbocycles. The lowest BCUT2D eigenvalue weighted by Gasteiger charge is -2.12. The average Bonchev–Trinajstić information content (AvgIpc) is 2.89. The Hall–Kier alpha value is -2.34. The molecule has 118 valence electrons. The number of carbonyl (C=O) groups is 1. The van der Waals surface area contributed by atoms with Crippen LogP contribution in [0.5, 0.6) is 0 Å². The molecule has 0 fully saturated rings. The van der Waals surface area contributed by atoms with Gasteiger partial charge >= 0.3 is 6.03 Å². The number of hydrogen-bond donors (Lipinski definition) is 2. The van der Waals surface area contributed by atoms with E-state index in [0.717, 1.165) is 5.56 Å². The quantitative estimate of drug-likeness (QED) is 0.901. The Morgan fingerprint density at radius 2 is 1.91 bits per heavy atom. The first-order valence-corrected chi connectivity index (χ1v) is 7.01. The molecule has 0 spiro atoms. The first-order valence-electron chi connectivity index (χ1n) is 7.01. The summed E-state index contributed by atoms with van der Waals surface area (Å²) in [5, 5.41) is 9.22. The molecule has 0 atom stereocenters. The number of nitrogens with one attached hydrogen (secondary N) is 2. The van der Waals surface area contributed by atoms with E-state index in [1.807, 2.05) is 45.0 Å². The van der Waals surface area contributed by atoms with Crippen molar-refractivity contribution in [3.63, 3.8) is 0 Å². The second kappa shape index (κ2) is 6.62. The van der Waals surface area contributed by atoms with Gasteiger partial charge in [-0.3, -0.25) is 5.32 Å². The largest absolute Gasteiger partial charge is 0.380 e. The van der Waals surface area contributed by atoms with Gasteiger partial charge in [0.05, 0.1) is 6.61 Å². The summed E-state index contributed by atoms with van der Waals surface area (Å²) < 4.78 is 10.3. The number of hydrogen-bond acceptors (Lipinski definition) is 4. The number of urea groups is 1. The van der Waals surface area contributed by atoms with E-state index in [2.05, 4.69) is 15.8 Å². The summed E-state index contributed by atoms with van der Waals surface area (Å²) in [6.07, 6.45) is 0. The molecule has 0 aliphatic heterocycles. The van der Waals surface area contributed by atoms with Gasteiger partial charge in [0.1, 0.15) is 5.76 Å². The van der Waals surface area contributed by atoms with Crippen molar-refractivity contribution in [1.82, 2.24) is 5.16 Å². The molecule has 2 rings (SSSR count). The fourth-order valence-corrected chi connectivity index (χ4v) is 1.82. The van der Waals surface area contributed by atoms with Gasteiger partial charge in [-0.15, -0.1) is 0 Å². The number of ether oxygens (including phenoxy) is 1. The number of amides is 2. The molecule has 0 aliphatic carbocycles. The summed E-state index contributed by atoms with van der Waals surface area (Å²) in [5.41, 5.74) is 1.58. The maximum absolute atomic E-state index is 11.9. The van der Waals surface area contributed by atoms with Crippen LogP contribution >= 0.6 is 0 Å². The average molecular weight is 303 g/mol. The Bertz CT molecular complexity index is 627. The van der Waals surface area contributed by atoms with E-state index in [-0.39, 0.29) is 11.4 Å². The lowest BCUT2D eigenvalue weighted by molar-refractivity contribution is 0.185. The molecule has 2 aromatic rings. The normalized spacial score (nSPS) is 11.3. The third-order valence-electron chi connectivity index (χ3n) is 3.01. The fraction of sp³-hybridized carbons (Fsp3) is 0.375. The van der Waals surface area contributed by atoms with Crippen LogP contribution in [0.15, 0.2) is 34.9 Å². The highest BCUT2D eigenvalue weighted by Gasteiger charge is 2.20. The molecule has 22 heavy (non-hydrogen) atoms. The molecule has 6 heteroatoms. The molecular weight excluding hydrogens is 282 g/mol. The lowest BCUT2D eigenvalue weighted by atomic mass is 9.93. The van der Waals surface area contributed by atoms with Crippen LogP contribution in [-0.4, -0.2) is 18.3 Å². The van der Waals surface area contributed by atoms with E-state index in [1.165, 1.54) is 0 Å². The first-order chi connectivity index (χ1) is 10.4. The van der Waals surface area contributed by atoms with Gasteiger partial charge in [-0.1, -0.05) is 38.1 Å². The van der Waals surface area contributed by atoms with Crippen LogP contribution in [0.1, 0.15) is 32.1 Å². The summed E-state index contributed by atoms with van der Waals surface area (Å²) >= 11 is 0. The van der Waals surface area contributed by atoms with Crippen LogP contribution in [0, 0.1) is 0 Å². The summed E-state index contributed by atoms with van der Waals surface area (Å²) in [7, 11) is 1.64. The molecule has 1 aromatic carbocycles. The van der Waals surface area contributed by atoms with E-state index in [4.69, 9.17) is 9.26 Å². The van der Waals surface area contributed by atoms with E-state index >= 15 is 0 Å². The van der Waals surface area contributed by atoms with E-state index in [1.54, 1.807) is 13.2 Å². The standard InChI is InChI=1S/C16H21N3O3/c1-16(2,3)13-9-14(19-22-13)18-15(20)17-12-7-5-11(6-8-12)10-21-4/h5-9H,10H2,1-4H3,(H2,17,18,19,20). The van der Waals surface area contributed by atoms with Gasteiger partial charge in [-0.05, 0) is 17.7 Å². The van der Waals surface area contributed by atoms with Gasteiger partial charge in [0.25, 0.3) is 0 Å². The van der Waals surface area contributed by atoms with Gasteiger partial charge < -0.3 is 14.6 Å². The fourth-order valence-electron chi connectivity index (χ4n) is 1.82. The van der Waals surface area contributed by atoms with Gasteiger partial charge in [-0.25, -0.2) is 4.79 Å². The molecular formula is C16H21N3O3. The van der Waals surface area contributed by atoms with Gasteiger partial charge in [0.15, 0.2) is 5.82 Å². The molecule has 2 N–H and O–H groups in total. The number of carbonyl (C=O) groups excluding carboxylic acids is 1. The molecule has 1 heterocycles. The number of methoxy groups -OCH3 is 1. The summed E-state index contributed by atoms with van der Waals surface area (Å²) in [6.45, 7) is 6.58. The van der Waals surface area contributed by atoms with Crippen LogP contribution in [0.25, 0.3) is 0 Å². The third-order valence-corrected chi connectivity index (χ3v) is 3.01. The van der Waals surface area contributed by atoms with Crippen molar-refractivity contribution in [2.45, 2.75) is 32.8 Å². The maximum Gasteiger partial charge on any atom is 0.324 e. The van der Waals surface area contributed by atoms with Crippen molar-refractivity contribution >= 4 is 17.5 Å². The van der Waals surface area contributed by atoms with Gasteiger partial charge in [0.2, 0.25) is 0 Å². The second-order valence-corrected chi connectivity index (χ2v) is 6.04. The molecule has 6 nitrogen and oxygen atoms in total. The van der Waals surface area contributed by atoms with Gasteiger partial charge in [0, 0.05) is 24.3 Å². The highest BCUT2D eigenvalue weighted by Crippen LogP contribution is 2.24. The van der Waals surface area contributed by atoms with Crippen molar-refractivity contribution in [2.75, 3.05) is 17.7 Å². The number of benzene rings is 1. The smallest absolute Gasteiger partial charge is 0.324 e. The topological polar surface area (TPSA) is 76.4 Å². The van der Waals surface area contributed by atoms with Crippen LogP contribution in [0.4, 0.5) is 16.3 Å². The summed E-state index contributed by atoms with van der Waals surface area (Å²) in [4.78, 5) is 11.9. The molecule has 0 bridgehead atoms. The van der Waals surface area contributed by atoms with E-state index in [9.17, 15) is 4.79 Å². The Morgan fingerprint density at radius 3 is 2.45 bits per heavy atom. The van der Waals surface area contributed by atoms with Crippen molar-refractivity contribution in [2.24, 2.45) is 0 Å². The SMILES string of the molecule is COCc1ccc(NC(=O)Nc2cc(C(C)(C)C)on2)cc1. The van der Waals surface area contributed by atoms with E-state index in [0.29, 0.717) is 23.9 Å². The molecule has 0 radical (unpaired) electrons. The maximum atomic E-state index is 11.9. The zero-order valence-electron chi connectivity index (χ0n) is 13.3. The Labute approximate surface area is 129 Å². The first kappa shape index (κ1) is 16.0. The van der Waals surface area contributed by atoms with Crippen molar-refractivity contribution in [1.29, 1.82) is 0 Å². The van der Waals surface area contributed by atoms with Crippen molar-refractivity contribution < 1.29 is 14.1 Å². The molecule has 0 aliphatic rings. The van der Waals surface area contributed by atoms with Gasteiger partial charge in [-0.2, -0.15) is 0 Å². The predicted octanol–water partition coefficient (Wildman–Crippen LogP) is 3.76. The number of rotatable bonds is 4. The Morgan fingerprint density at radius 1 is 1.23 bits per heavy atom. The molecule has 2 amide bonds. The van der Waals surface area contributed by atoms with E-state index < -0.39 is 0 Å². The highest BCUT2D eigenvalue weighted by molar-refractivity contribution is 5.99. The Kier molecular flexibility index (Phi) is 4.82. The second-order valence-electron chi connectivity index (χ2n) is 6.04. The summed E-state index contributed by atoms with van der Waals surface area (Å²) in [5.74, 6) is 1.10. The zero-order chi connectivity index (χ0) is 16.2. The molecule has 0 unspecified atom stereocenters. The number of anilines is 2. The number of aromatic nitrogens is 1. The van der Waals surface area contributed by atoms with Crippen LogP contribution < -0.4 is 10.6 Å². The van der Waals surface area contributed by atoms with Crippen LogP contribution in [-0.2, 0) is 16.8 Å². The predicted molar refractivity (Wildman–Crippen MR) is 85.0 cm³/mol. The monoisotopic (exact) mass is 303 g/mol. The number of nitrogens with zero attached hydrogens (tertiary/aromatic N) is 1. The third kappa shape index (κ3) is 4.33. The lowest BCUT2D eigenvalue weighted by Crippen LogP contribution is -2.19.